The van der Waals surface area contributed by atoms with Gasteiger partial charge in [-0.2, -0.15) is 8.42 Å². The maximum Gasteiger partial charge on any atom is 0.296 e. The van der Waals surface area contributed by atoms with Crippen molar-refractivity contribution in [3.63, 3.8) is 0 Å². The van der Waals surface area contributed by atoms with Crippen LogP contribution in [0.1, 0.15) is 71.1 Å². The summed E-state index contributed by atoms with van der Waals surface area (Å²) in [6.07, 6.45) is 12.3. The van der Waals surface area contributed by atoms with E-state index in [1.807, 2.05) is 0 Å². The summed E-state index contributed by atoms with van der Waals surface area (Å²) in [5, 5.41) is 0. The van der Waals surface area contributed by atoms with Crippen LogP contribution in [0, 0.1) is 0 Å². The van der Waals surface area contributed by atoms with Crippen LogP contribution in [0.2, 0.25) is 0 Å². The Morgan fingerprint density at radius 3 is 1.78 bits per heavy atom. The Morgan fingerprint density at radius 2 is 1.26 bits per heavy atom. The van der Waals surface area contributed by atoms with E-state index in [-0.39, 0.29) is 17.0 Å². The minimum absolute atomic E-state index is 0. The van der Waals surface area contributed by atoms with Crippen molar-refractivity contribution in [2.45, 2.75) is 76.0 Å². The van der Waals surface area contributed by atoms with Crippen LogP contribution in [0.15, 0.2) is 35.2 Å². The average molecular weight is 345 g/mol. The molecule has 0 heterocycles. The van der Waals surface area contributed by atoms with Crippen LogP contribution in [0.5, 0.6) is 0 Å². The monoisotopic (exact) mass is 344 g/mol. The molecule has 0 amide bonds. The number of rotatable bonds is 13. The second-order valence-electron chi connectivity index (χ2n) is 5.77. The van der Waals surface area contributed by atoms with E-state index in [1.54, 1.807) is 30.3 Å². The Labute approximate surface area is 141 Å². The van der Waals surface area contributed by atoms with E-state index >= 15 is 0 Å². The fourth-order valence-electron chi connectivity index (χ4n) is 2.41. The van der Waals surface area contributed by atoms with Crippen LogP contribution in [0.3, 0.4) is 0 Å². The zero-order valence-corrected chi connectivity index (χ0v) is 15.1. The van der Waals surface area contributed by atoms with E-state index in [4.69, 9.17) is 4.18 Å². The van der Waals surface area contributed by atoms with E-state index in [0.29, 0.717) is 0 Å². The maximum atomic E-state index is 11.9. The van der Waals surface area contributed by atoms with E-state index in [2.05, 4.69) is 6.92 Å². The van der Waals surface area contributed by atoms with Gasteiger partial charge in [0.2, 0.25) is 0 Å². The first kappa shape index (κ1) is 22.1. The second kappa shape index (κ2) is 13.5. The summed E-state index contributed by atoms with van der Waals surface area (Å²) in [6, 6.07) is 8.33. The van der Waals surface area contributed by atoms with Crippen LogP contribution in [0.25, 0.3) is 0 Å². The van der Waals surface area contributed by atoms with Crippen molar-refractivity contribution in [3.05, 3.63) is 30.3 Å². The third-order valence-corrected chi connectivity index (χ3v) is 5.09. The van der Waals surface area contributed by atoms with Crippen LogP contribution in [-0.2, 0) is 14.3 Å². The third kappa shape index (κ3) is 10.5. The van der Waals surface area contributed by atoms with Crippen molar-refractivity contribution in [2.75, 3.05) is 6.61 Å². The fourth-order valence-corrected chi connectivity index (χ4v) is 3.38. The van der Waals surface area contributed by atoms with Gasteiger partial charge in [-0.1, -0.05) is 82.9 Å². The average Bonchev–Trinajstić information content (AvgIpc) is 2.53. The lowest BCUT2D eigenvalue weighted by Gasteiger charge is -2.05. The molecule has 4 nitrogen and oxygen atoms in total. The zero-order chi connectivity index (χ0) is 16.1. The Hall–Kier alpha value is -0.910. The minimum atomic E-state index is -3.57. The number of unbranched alkanes of at least 4 members (excludes halogenated alkanes) is 9. The molecule has 1 aromatic rings. The molecule has 0 bridgehead atoms. The van der Waals surface area contributed by atoms with Crippen LogP contribution in [-0.4, -0.2) is 20.5 Å². The van der Waals surface area contributed by atoms with E-state index in [9.17, 15) is 8.42 Å². The molecule has 0 aliphatic carbocycles. The summed E-state index contributed by atoms with van der Waals surface area (Å²) < 4.78 is 28.8. The molecule has 5 heteroatoms. The van der Waals surface area contributed by atoms with E-state index < -0.39 is 10.1 Å². The number of benzene rings is 1. The fraction of sp³-hybridized carbons (Fsp3) is 0.667. The molecule has 0 aliphatic heterocycles. The lowest BCUT2D eigenvalue weighted by atomic mass is 10.1. The van der Waals surface area contributed by atoms with Gasteiger partial charge in [0.05, 0.1) is 11.5 Å². The maximum absolute atomic E-state index is 11.9. The van der Waals surface area contributed by atoms with Crippen molar-refractivity contribution in [3.8, 4) is 0 Å². The highest BCUT2D eigenvalue weighted by molar-refractivity contribution is 7.86. The standard InChI is InChI=1S/C18H30O3S.H2O/c1-2-3-4-5-6-7-8-9-10-14-17-21-22(19,20)18-15-12-11-13-16-18;/h11-13,15-16H,2-10,14,17H2,1H3;1H2. The molecule has 23 heavy (non-hydrogen) atoms. The van der Waals surface area contributed by atoms with Gasteiger partial charge in [-0.05, 0) is 18.6 Å². The molecule has 0 saturated heterocycles. The van der Waals surface area contributed by atoms with Crippen molar-refractivity contribution < 1.29 is 18.1 Å². The highest BCUT2D eigenvalue weighted by Crippen LogP contribution is 2.13. The summed E-state index contributed by atoms with van der Waals surface area (Å²) in [7, 11) is -3.57. The lowest BCUT2D eigenvalue weighted by molar-refractivity contribution is 0.306. The minimum Gasteiger partial charge on any atom is -0.412 e. The Kier molecular flexibility index (Phi) is 13.0. The lowest BCUT2D eigenvalue weighted by Crippen LogP contribution is -2.07. The normalized spacial score (nSPS) is 11.2. The summed E-state index contributed by atoms with van der Waals surface area (Å²) in [5.41, 5.74) is 0. The Bertz CT molecular complexity index is 471. The first-order valence-electron chi connectivity index (χ1n) is 8.61. The van der Waals surface area contributed by atoms with E-state index in [1.165, 1.54) is 51.4 Å². The van der Waals surface area contributed by atoms with Gasteiger partial charge in [-0.25, -0.2) is 0 Å². The van der Waals surface area contributed by atoms with E-state index in [0.717, 1.165) is 12.8 Å². The molecular formula is C18H32O4S. The largest absolute Gasteiger partial charge is 0.412 e. The van der Waals surface area contributed by atoms with Crippen LogP contribution < -0.4 is 0 Å². The molecule has 0 saturated carbocycles. The summed E-state index contributed by atoms with van der Waals surface area (Å²) >= 11 is 0. The molecule has 0 aromatic heterocycles. The number of hydrogen-bond donors (Lipinski definition) is 0. The van der Waals surface area contributed by atoms with Gasteiger partial charge in [0, 0.05) is 0 Å². The molecule has 134 valence electrons. The molecule has 0 aliphatic rings. The van der Waals surface area contributed by atoms with Gasteiger partial charge in [0.1, 0.15) is 0 Å². The number of hydrogen-bond acceptors (Lipinski definition) is 3. The molecule has 1 rings (SSSR count). The summed E-state index contributed by atoms with van der Waals surface area (Å²) in [6.45, 7) is 2.52. The first-order valence-corrected chi connectivity index (χ1v) is 10.0. The summed E-state index contributed by atoms with van der Waals surface area (Å²) in [4.78, 5) is 0.238. The quantitative estimate of drug-likeness (QED) is 0.391. The highest BCUT2D eigenvalue weighted by Gasteiger charge is 2.13. The van der Waals surface area contributed by atoms with Gasteiger partial charge in [-0.3, -0.25) is 4.18 Å². The van der Waals surface area contributed by atoms with Gasteiger partial charge >= 0.3 is 0 Å². The van der Waals surface area contributed by atoms with Crippen molar-refractivity contribution in [2.24, 2.45) is 0 Å². The van der Waals surface area contributed by atoms with Gasteiger partial charge in [0.25, 0.3) is 10.1 Å². The molecule has 1 aromatic carbocycles. The molecule has 0 spiro atoms. The van der Waals surface area contributed by atoms with Crippen LogP contribution in [0.4, 0.5) is 0 Å². The smallest absolute Gasteiger partial charge is 0.296 e. The second-order valence-corrected chi connectivity index (χ2v) is 7.39. The molecule has 0 fully saturated rings. The first-order chi connectivity index (χ1) is 10.7. The van der Waals surface area contributed by atoms with Crippen molar-refractivity contribution in [1.82, 2.24) is 0 Å². The van der Waals surface area contributed by atoms with Crippen LogP contribution >= 0.6 is 0 Å². The zero-order valence-electron chi connectivity index (χ0n) is 14.3. The van der Waals surface area contributed by atoms with Gasteiger partial charge in [0.15, 0.2) is 0 Å². The molecule has 2 N–H and O–H groups in total. The van der Waals surface area contributed by atoms with Crippen molar-refractivity contribution in [1.29, 1.82) is 0 Å². The highest BCUT2D eigenvalue weighted by atomic mass is 32.2. The molecule has 0 unspecified atom stereocenters. The third-order valence-electron chi connectivity index (χ3n) is 3.77. The summed E-state index contributed by atoms with van der Waals surface area (Å²) in [5.74, 6) is 0. The Balaban J connectivity index is 0.00000484. The topological polar surface area (TPSA) is 74.9 Å². The predicted octanol–water partition coefficient (Wildman–Crippen LogP) is 4.49. The molecular weight excluding hydrogens is 312 g/mol. The van der Waals surface area contributed by atoms with Gasteiger partial charge in [-0.15, -0.1) is 0 Å². The molecule has 0 atom stereocenters. The molecule has 0 radical (unpaired) electrons. The predicted molar refractivity (Wildman–Crippen MR) is 95.0 cm³/mol. The van der Waals surface area contributed by atoms with Crippen molar-refractivity contribution >= 4 is 10.1 Å². The Morgan fingerprint density at radius 1 is 0.783 bits per heavy atom. The van der Waals surface area contributed by atoms with Gasteiger partial charge < -0.3 is 5.48 Å². The SMILES string of the molecule is CCCCCCCCCCCCOS(=O)(=O)c1ccccc1.O.